The highest BCUT2D eigenvalue weighted by Crippen LogP contribution is 2.26. The number of ketones is 1. The lowest BCUT2D eigenvalue weighted by Gasteiger charge is -2.30. The number of Topliss-reactive ketones (excluding diaryl/α,β-unsaturated/α-hetero) is 1. The molecular formula is C22H22N4O3. The van der Waals surface area contributed by atoms with E-state index in [1.165, 1.54) is 13.1 Å². The number of amides is 1. The summed E-state index contributed by atoms with van der Waals surface area (Å²) in [6.07, 6.45) is 1.40. The number of hydrogen-bond donors (Lipinski definition) is 2. The molecule has 0 unspecified atom stereocenters. The molecule has 148 valence electrons. The third kappa shape index (κ3) is 5.21. The SMILES string of the molecule is CC(=O)c1ccc(NC(=O)/C(C#N)=C\Nc2ccccc2N2CCOCC2)cc1. The van der Waals surface area contributed by atoms with E-state index in [1.54, 1.807) is 24.3 Å². The van der Waals surface area contributed by atoms with Gasteiger partial charge < -0.3 is 20.3 Å². The van der Waals surface area contributed by atoms with Gasteiger partial charge in [0.05, 0.1) is 24.6 Å². The Labute approximate surface area is 169 Å². The van der Waals surface area contributed by atoms with Crippen molar-refractivity contribution in [2.45, 2.75) is 6.92 Å². The Kier molecular flexibility index (Phi) is 6.61. The number of ether oxygens (including phenoxy) is 1. The van der Waals surface area contributed by atoms with E-state index in [0.717, 1.165) is 24.5 Å². The van der Waals surface area contributed by atoms with Gasteiger partial charge >= 0.3 is 0 Å². The second-order valence-electron chi connectivity index (χ2n) is 6.52. The molecule has 2 aromatic carbocycles. The van der Waals surface area contributed by atoms with Crippen molar-refractivity contribution in [2.24, 2.45) is 0 Å². The molecule has 1 heterocycles. The summed E-state index contributed by atoms with van der Waals surface area (Å²) in [6.45, 7) is 4.37. The number of nitriles is 1. The number of morpholine rings is 1. The van der Waals surface area contributed by atoms with Crippen LogP contribution in [0.4, 0.5) is 17.1 Å². The molecule has 7 heteroatoms. The summed E-state index contributed by atoms with van der Waals surface area (Å²) in [7, 11) is 0. The first kappa shape index (κ1) is 20.1. The van der Waals surface area contributed by atoms with Gasteiger partial charge in [-0.05, 0) is 43.3 Å². The normalized spacial score (nSPS) is 14.1. The highest BCUT2D eigenvalue weighted by molar-refractivity contribution is 6.07. The zero-order chi connectivity index (χ0) is 20.6. The van der Waals surface area contributed by atoms with Crippen molar-refractivity contribution < 1.29 is 14.3 Å². The van der Waals surface area contributed by atoms with Crippen LogP contribution in [0.1, 0.15) is 17.3 Å². The molecule has 29 heavy (non-hydrogen) atoms. The smallest absolute Gasteiger partial charge is 0.267 e. The molecule has 1 aliphatic rings. The summed E-state index contributed by atoms with van der Waals surface area (Å²) < 4.78 is 5.40. The molecule has 2 aromatic rings. The number of rotatable bonds is 6. The predicted molar refractivity (Wildman–Crippen MR) is 112 cm³/mol. The Morgan fingerprint density at radius 1 is 1.10 bits per heavy atom. The van der Waals surface area contributed by atoms with Gasteiger partial charge in [-0.1, -0.05) is 12.1 Å². The maximum Gasteiger partial charge on any atom is 0.267 e. The monoisotopic (exact) mass is 390 g/mol. The number of nitrogens with one attached hydrogen (secondary N) is 2. The van der Waals surface area contributed by atoms with Crippen LogP contribution in [0, 0.1) is 11.3 Å². The summed E-state index contributed by atoms with van der Waals surface area (Å²) in [5.74, 6) is -0.581. The quantitative estimate of drug-likeness (QED) is 0.447. The molecule has 1 aliphatic heterocycles. The largest absolute Gasteiger partial charge is 0.378 e. The van der Waals surface area contributed by atoms with Gasteiger partial charge in [-0.3, -0.25) is 9.59 Å². The van der Waals surface area contributed by atoms with Crippen LogP contribution in [0.2, 0.25) is 0 Å². The van der Waals surface area contributed by atoms with Gasteiger partial charge in [0.2, 0.25) is 0 Å². The fourth-order valence-electron chi connectivity index (χ4n) is 2.96. The zero-order valence-corrected chi connectivity index (χ0v) is 16.1. The second kappa shape index (κ2) is 9.53. The van der Waals surface area contributed by atoms with E-state index < -0.39 is 5.91 Å². The van der Waals surface area contributed by atoms with Crippen LogP contribution in [0.3, 0.4) is 0 Å². The number of carbonyl (C=O) groups is 2. The van der Waals surface area contributed by atoms with Crippen LogP contribution in [-0.4, -0.2) is 38.0 Å². The standard InChI is InChI=1S/C22H22N4O3/c1-16(27)17-6-8-19(9-7-17)25-22(28)18(14-23)15-24-20-4-2-3-5-21(20)26-10-12-29-13-11-26/h2-9,15,24H,10-13H2,1H3,(H,25,28)/b18-15-. The maximum atomic E-state index is 12.4. The minimum Gasteiger partial charge on any atom is -0.378 e. The average molecular weight is 390 g/mol. The average Bonchev–Trinajstić information content (AvgIpc) is 2.75. The molecule has 0 atom stereocenters. The topological polar surface area (TPSA) is 94.5 Å². The fraction of sp³-hybridized carbons (Fsp3) is 0.227. The third-order valence-electron chi connectivity index (χ3n) is 4.54. The van der Waals surface area contributed by atoms with Gasteiger partial charge in [-0.25, -0.2) is 0 Å². The first-order chi connectivity index (χ1) is 14.1. The summed E-state index contributed by atoms with van der Waals surface area (Å²) in [4.78, 5) is 26.0. The van der Waals surface area contributed by atoms with Crippen molar-refractivity contribution in [2.75, 3.05) is 41.8 Å². The van der Waals surface area contributed by atoms with Crippen LogP contribution < -0.4 is 15.5 Å². The van der Waals surface area contributed by atoms with Crippen molar-refractivity contribution in [3.63, 3.8) is 0 Å². The van der Waals surface area contributed by atoms with Gasteiger partial charge in [0.25, 0.3) is 5.91 Å². The van der Waals surface area contributed by atoms with Gasteiger partial charge in [0.1, 0.15) is 11.6 Å². The number of para-hydroxylation sites is 2. The van der Waals surface area contributed by atoms with Crippen LogP contribution >= 0.6 is 0 Å². The van der Waals surface area contributed by atoms with Gasteiger partial charge in [0, 0.05) is 30.5 Å². The number of carbonyl (C=O) groups excluding carboxylic acids is 2. The highest BCUT2D eigenvalue weighted by Gasteiger charge is 2.15. The molecule has 1 amide bonds. The van der Waals surface area contributed by atoms with E-state index >= 15 is 0 Å². The first-order valence-electron chi connectivity index (χ1n) is 9.29. The molecule has 0 bridgehead atoms. The van der Waals surface area contributed by atoms with Crippen molar-refractivity contribution in [1.29, 1.82) is 5.26 Å². The van der Waals surface area contributed by atoms with Gasteiger partial charge in [-0.15, -0.1) is 0 Å². The first-order valence-corrected chi connectivity index (χ1v) is 9.29. The van der Waals surface area contributed by atoms with Crippen molar-refractivity contribution in [1.82, 2.24) is 0 Å². The van der Waals surface area contributed by atoms with Gasteiger partial charge in [0.15, 0.2) is 5.78 Å². The van der Waals surface area contributed by atoms with Crippen molar-refractivity contribution in [3.8, 4) is 6.07 Å². The second-order valence-corrected chi connectivity index (χ2v) is 6.52. The van der Waals surface area contributed by atoms with Crippen LogP contribution in [0.5, 0.6) is 0 Å². The lowest BCUT2D eigenvalue weighted by atomic mass is 10.1. The van der Waals surface area contributed by atoms with E-state index in [1.807, 2.05) is 30.3 Å². The van der Waals surface area contributed by atoms with Crippen LogP contribution in [-0.2, 0) is 9.53 Å². The van der Waals surface area contributed by atoms with E-state index in [4.69, 9.17) is 4.74 Å². The molecule has 7 nitrogen and oxygen atoms in total. The highest BCUT2D eigenvalue weighted by atomic mass is 16.5. The molecule has 0 radical (unpaired) electrons. The van der Waals surface area contributed by atoms with E-state index in [2.05, 4.69) is 15.5 Å². The Hall–Kier alpha value is -3.63. The summed E-state index contributed by atoms with van der Waals surface area (Å²) in [5, 5.41) is 15.1. The molecule has 2 N–H and O–H groups in total. The molecule has 1 fully saturated rings. The Balaban J connectivity index is 1.71. The lowest BCUT2D eigenvalue weighted by molar-refractivity contribution is -0.112. The van der Waals surface area contributed by atoms with Crippen molar-refractivity contribution in [3.05, 3.63) is 65.9 Å². The Morgan fingerprint density at radius 2 is 1.79 bits per heavy atom. The summed E-state index contributed by atoms with van der Waals surface area (Å²) >= 11 is 0. The third-order valence-corrected chi connectivity index (χ3v) is 4.54. The molecular weight excluding hydrogens is 368 g/mol. The van der Waals surface area contributed by atoms with E-state index in [-0.39, 0.29) is 11.4 Å². The van der Waals surface area contributed by atoms with Crippen LogP contribution in [0.15, 0.2) is 60.3 Å². The van der Waals surface area contributed by atoms with E-state index in [9.17, 15) is 14.9 Å². The molecule has 0 spiro atoms. The zero-order valence-electron chi connectivity index (χ0n) is 16.1. The molecule has 3 rings (SSSR count). The Morgan fingerprint density at radius 3 is 2.45 bits per heavy atom. The van der Waals surface area contributed by atoms with Crippen molar-refractivity contribution >= 4 is 28.8 Å². The minimum absolute atomic E-state index is 0.0522. The minimum atomic E-state index is -0.528. The molecule has 0 saturated carbocycles. The van der Waals surface area contributed by atoms with Gasteiger partial charge in [-0.2, -0.15) is 5.26 Å². The van der Waals surface area contributed by atoms with E-state index in [0.29, 0.717) is 24.5 Å². The predicted octanol–water partition coefficient (Wildman–Crippen LogP) is 3.18. The molecule has 0 aromatic heterocycles. The number of nitrogens with zero attached hydrogens (tertiary/aromatic N) is 2. The number of hydrogen-bond acceptors (Lipinski definition) is 6. The lowest BCUT2D eigenvalue weighted by Crippen LogP contribution is -2.36. The summed E-state index contributed by atoms with van der Waals surface area (Å²) in [5.41, 5.74) is 2.80. The maximum absolute atomic E-state index is 12.4. The molecule has 1 saturated heterocycles. The fourth-order valence-corrected chi connectivity index (χ4v) is 2.96. The Bertz CT molecular complexity index is 955. The van der Waals surface area contributed by atoms with Crippen LogP contribution in [0.25, 0.3) is 0 Å². The summed E-state index contributed by atoms with van der Waals surface area (Å²) in [6, 6.07) is 16.2. The number of benzene rings is 2. The number of anilines is 3. The molecule has 0 aliphatic carbocycles.